The maximum absolute atomic E-state index is 13.9. The Bertz CT molecular complexity index is 1220. The molecule has 2 aliphatic heterocycles. The molecule has 2 fully saturated rings. The minimum absolute atomic E-state index is 0.0223. The van der Waals surface area contributed by atoms with Gasteiger partial charge < -0.3 is 10.2 Å². The molecule has 0 radical (unpaired) electrons. The monoisotopic (exact) mass is 461 g/mol. The molecule has 174 valence electrons. The van der Waals surface area contributed by atoms with Gasteiger partial charge in [0.1, 0.15) is 18.2 Å². The molecule has 1 aromatic carbocycles. The number of fused-ring (bicyclic) bond motifs is 1. The van der Waals surface area contributed by atoms with Crippen LogP contribution in [0.5, 0.6) is 0 Å². The molecular formula is C23H24FN9O. The molecule has 1 amide bonds. The van der Waals surface area contributed by atoms with Gasteiger partial charge in [-0.15, -0.1) is 5.10 Å². The number of amides is 1. The van der Waals surface area contributed by atoms with Crippen molar-refractivity contribution in [3.8, 4) is 11.8 Å². The Hall–Kier alpha value is -3.75. The smallest absolute Gasteiger partial charge is 0.228 e. The van der Waals surface area contributed by atoms with Crippen LogP contribution in [0.4, 0.5) is 4.39 Å². The number of nitrogens with zero attached hydrogens (tertiary/aromatic N) is 8. The second kappa shape index (κ2) is 9.24. The number of carbonyl (C=O) groups excluding carboxylic acids is 1. The van der Waals surface area contributed by atoms with Crippen LogP contribution in [-0.4, -0.2) is 79.7 Å². The summed E-state index contributed by atoms with van der Waals surface area (Å²) in [5, 5.41) is 23.9. The van der Waals surface area contributed by atoms with E-state index in [4.69, 9.17) is 0 Å². The number of halogens is 1. The molecule has 0 bridgehead atoms. The van der Waals surface area contributed by atoms with Crippen molar-refractivity contribution in [1.82, 2.24) is 40.3 Å². The Labute approximate surface area is 196 Å². The van der Waals surface area contributed by atoms with Crippen molar-refractivity contribution in [3.63, 3.8) is 0 Å². The van der Waals surface area contributed by atoms with Crippen molar-refractivity contribution in [1.29, 1.82) is 5.26 Å². The van der Waals surface area contributed by atoms with Gasteiger partial charge in [0.05, 0.1) is 23.9 Å². The lowest BCUT2D eigenvalue weighted by Gasteiger charge is -2.47. The molecule has 0 saturated carbocycles. The highest BCUT2D eigenvalue weighted by atomic mass is 19.1. The van der Waals surface area contributed by atoms with Gasteiger partial charge in [-0.2, -0.15) is 9.94 Å². The summed E-state index contributed by atoms with van der Waals surface area (Å²) in [5.41, 5.74) is 3.18. The number of hydrogen-bond acceptors (Lipinski definition) is 8. The zero-order valence-electron chi connectivity index (χ0n) is 18.7. The fourth-order valence-electron chi connectivity index (χ4n) is 4.75. The molecule has 34 heavy (non-hydrogen) atoms. The van der Waals surface area contributed by atoms with E-state index < -0.39 is 5.82 Å². The standard InChI is InChI=1S/C23H24FN9O/c1-15-19(4-5-21(24)20(15)9-25)22-13-31-6-7-32(12-18(31)11-27-22)23(34)8-16-2-3-17(10-26-16)33-14-28-29-30-33/h2-5,10,14,18,22,27H,6-8,11-13H2,1H3/t18-,22-/m1/s1. The molecule has 5 rings (SSSR count). The Morgan fingerprint density at radius 1 is 1.26 bits per heavy atom. The largest absolute Gasteiger partial charge is 0.339 e. The van der Waals surface area contributed by atoms with Gasteiger partial charge in [0.2, 0.25) is 5.91 Å². The molecule has 3 aromatic rings. The quantitative estimate of drug-likeness (QED) is 0.606. The Morgan fingerprint density at radius 2 is 2.15 bits per heavy atom. The van der Waals surface area contributed by atoms with Gasteiger partial charge in [-0.25, -0.2) is 4.39 Å². The Balaban J connectivity index is 1.19. The van der Waals surface area contributed by atoms with E-state index in [1.807, 2.05) is 23.1 Å². The van der Waals surface area contributed by atoms with Crippen molar-refractivity contribution in [3.05, 3.63) is 65.0 Å². The zero-order chi connectivity index (χ0) is 23.7. The van der Waals surface area contributed by atoms with Gasteiger partial charge in [0.15, 0.2) is 0 Å². The first-order chi connectivity index (χ1) is 16.5. The lowest BCUT2D eigenvalue weighted by Crippen LogP contribution is -2.62. The van der Waals surface area contributed by atoms with E-state index in [0.717, 1.165) is 24.3 Å². The number of tetrazole rings is 1. The molecule has 0 spiro atoms. The molecule has 11 heteroatoms. The third kappa shape index (κ3) is 4.25. The number of carbonyl (C=O) groups is 1. The lowest BCUT2D eigenvalue weighted by molar-refractivity contribution is -0.134. The van der Waals surface area contributed by atoms with Gasteiger partial charge in [0, 0.05) is 50.5 Å². The molecular weight excluding hydrogens is 437 g/mol. The molecule has 2 atom stereocenters. The summed E-state index contributed by atoms with van der Waals surface area (Å²) in [6, 6.07) is 8.99. The topological polar surface area (TPSA) is 116 Å². The average molecular weight is 462 g/mol. The third-order valence-corrected chi connectivity index (χ3v) is 6.67. The fourth-order valence-corrected chi connectivity index (χ4v) is 4.75. The van der Waals surface area contributed by atoms with Gasteiger partial charge in [-0.1, -0.05) is 6.07 Å². The minimum Gasteiger partial charge on any atom is -0.339 e. The predicted molar refractivity (Wildman–Crippen MR) is 119 cm³/mol. The highest BCUT2D eigenvalue weighted by molar-refractivity contribution is 5.78. The van der Waals surface area contributed by atoms with Crippen LogP contribution in [0, 0.1) is 24.1 Å². The number of nitriles is 1. The summed E-state index contributed by atoms with van der Waals surface area (Å²) in [6.07, 6.45) is 3.38. The molecule has 2 aromatic heterocycles. The van der Waals surface area contributed by atoms with Crippen molar-refractivity contribution in [2.75, 3.05) is 32.7 Å². The second-order valence-corrected chi connectivity index (χ2v) is 8.64. The highest BCUT2D eigenvalue weighted by Gasteiger charge is 2.35. The van der Waals surface area contributed by atoms with Crippen molar-refractivity contribution >= 4 is 5.91 Å². The van der Waals surface area contributed by atoms with Crippen molar-refractivity contribution in [2.45, 2.75) is 25.4 Å². The van der Waals surface area contributed by atoms with Crippen LogP contribution in [0.25, 0.3) is 5.69 Å². The van der Waals surface area contributed by atoms with Gasteiger partial charge in [-0.3, -0.25) is 14.7 Å². The first-order valence-electron chi connectivity index (χ1n) is 11.2. The number of aromatic nitrogens is 5. The van der Waals surface area contributed by atoms with E-state index in [1.165, 1.54) is 17.1 Å². The van der Waals surface area contributed by atoms with Crippen molar-refractivity contribution < 1.29 is 9.18 Å². The molecule has 2 aliphatic rings. The summed E-state index contributed by atoms with van der Waals surface area (Å²) in [7, 11) is 0. The number of hydrogen-bond donors (Lipinski definition) is 1. The van der Waals surface area contributed by atoms with E-state index in [2.05, 4.69) is 30.7 Å². The van der Waals surface area contributed by atoms with Gasteiger partial charge in [0.25, 0.3) is 0 Å². The first kappa shape index (κ1) is 22.1. The van der Waals surface area contributed by atoms with E-state index in [1.54, 1.807) is 19.2 Å². The Morgan fingerprint density at radius 3 is 2.88 bits per heavy atom. The van der Waals surface area contributed by atoms with Crippen LogP contribution >= 0.6 is 0 Å². The zero-order valence-corrected chi connectivity index (χ0v) is 18.7. The average Bonchev–Trinajstić information content (AvgIpc) is 3.39. The van der Waals surface area contributed by atoms with E-state index in [0.29, 0.717) is 30.9 Å². The van der Waals surface area contributed by atoms with Crippen molar-refractivity contribution in [2.24, 2.45) is 0 Å². The number of rotatable bonds is 4. The molecule has 0 unspecified atom stereocenters. The Kier molecular flexibility index (Phi) is 6.00. The number of piperazine rings is 2. The molecule has 1 N–H and O–H groups in total. The second-order valence-electron chi connectivity index (χ2n) is 8.64. The summed E-state index contributed by atoms with van der Waals surface area (Å²) < 4.78 is 15.4. The SMILES string of the molecule is Cc1c([C@H]2CN3CCN(C(=O)Cc4ccc(-n5cnnn5)cn4)C[C@H]3CN2)ccc(F)c1C#N. The third-order valence-electron chi connectivity index (χ3n) is 6.67. The van der Waals surface area contributed by atoms with Crippen LogP contribution in [-0.2, 0) is 11.2 Å². The number of pyridine rings is 1. The molecule has 2 saturated heterocycles. The number of benzene rings is 1. The van der Waals surface area contributed by atoms with Crippen LogP contribution in [0.2, 0.25) is 0 Å². The summed E-state index contributed by atoms with van der Waals surface area (Å²) in [4.78, 5) is 21.6. The fraction of sp³-hybridized carbons (Fsp3) is 0.391. The lowest BCUT2D eigenvalue weighted by atomic mass is 9.93. The predicted octanol–water partition coefficient (Wildman–Crippen LogP) is 0.776. The number of nitrogens with one attached hydrogen (secondary N) is 1. The van der Waals surface area contributed by atoms with Crippen LogP contribution < -0.4 is 5.32 Å². The summed E-state index contributed by atoms with van der Waals surface area (Å²) in [6.45, 7) is 5.33. The van der Waals surface area contributed by atoms with Gasteiger partial charge in [-0.05, 0) is 46.7 Å². The normalized spacial score (nSPS) is 20.6. The molecule has 4 heterocycles. The maximum atomic E-state index is 13.9. The minimum atomic E-state index is -0.482. The first-order valence-corrected chi connectivity index (χ1v) is 11.2. The van der Waals surface area contributed by atoms with E-state index >= 15 is 0 Å². The summed E-state index contributed by atoms with van der Waals surface area (Å²) in [5.74, 6) is -0.429. The summed E-state index contributed by atoms with van der Waals surface area (Å²) >= 11 is 0. The van der Waals surface area contributed by atoms with Crippen LogP contribution in [0.15, 0.2) is 36.8 Å². The van der Waals surface area contributed by atoms with Crippen LogP contribution in [0.1, 0.15) is 28.4 Å². The molecule has 10 nitrogen and oxygen atoms in total. The van der Waals surface area contributed by atoms with E-state index in [-0.39, 0.29) is 30.0 Å². The van der Waals surface area contributed by atoms with Gasteiger partial charge >= 0.3 is 0 Å². The highest BCUT2D eigenvalue weighted by Crippen LogP contribution is 2.27. The van der Waals surface area contributed by atoms with E-state index in [9.17, 15) is 14.4 Å². The maximum Gasteiger partial charge on any atom is 0.228 e. The molecule has 0 aliphatic carbocycles. The van der Waals surface area contributed by atoms with Crippen LogP contribution in [0.3, 0.4) is 0 Å².